The SMILES string of the molecule is CCCC1CC[C](c2ccc(C#Cc3cc(F)c(N=C=S)c(F)c3)cc2)CC1. The van der Waals surface area contributed by atoms with Crippen LogP contribution in [0, 0.1) is 35.3 Å². The van der Waals surface area contributed by atoms with Gasteiger partial charge in [-0.3, -0.25) is 0 Å². The number of hydrogen-bond acceptors (Lipinski definition) is 2. The minimum atomic E-state index is -0.799. The lowest BCUT2D eigenvalue weighted by Crippen LogP contribution is -2.13. The van der Waals surface area contributed by atoms with Crippen molar-refractivity contribution in [2.24, 2.45) is 10.9 Å². The summed E-state index contributed by atoms with van der Waals surface area (Å²) >= 11 is 4.40. The van der Waals surface area contributed by atoms with Crippen LogP contribution < -0.4 is 0 Å². The van der Waals surface area contributed by atoms with E-state index in [1.165, 1.54) is 50.0 Å². The van der Waals surface area contributed by atoms with Crippen molar-refractivity contribution in [2.45, 2.75) is 45.4 Å². The number of aliphatic imine (C=N–C) groups is 1. The smallest absolute Gasteiger partial charge is 0.153 e. The van der Waals surface area contributed by atoms with Gasteiger partial charge in [-0.15, -0.1) is 0 Å². The van der Waals surface area contributed by atoms with Gasteiger partial charge in [0.15, 0.2) is 11.6 Å². The van der Waals surface area contributed by atoms with Crippen molar-refractivity contribution in [2.75, 3.05) is 0 Å². The van der Waals surface area contributed by atoms with Gasteiger partial charge < -0.3 is 0 Å². The van der Waals surface area contributed by atoms with Crippen molar-refractivity contribution in [3.63, 3.8) is 0 Å². The minimum Gasteiger partial charge on any atom is -0.204 e. The lowest BCUT2D eigenvalue weighted by Gasteiger charge is -2.28. The molecule has 1 radical (unpaired) electrons. The van der Waals surface area contributed by atoms with Gasteiger partial charge in [-0.1, -0.05) is 43.7 Å². The molecule has 1 fully saturated rings. The highest BCUT2D eigenvalue weighted by molar-refractivity contribution is 7.78. The van der Waals surface area contributed by atoms with Gasteiger partial charge in [-0.25, -0.2) is 8.78 Å². The Morgan fingerprint density at radius 1 is 1.00 bits per heavy atom. The molecule has 1 saturated carbocycles. The molecule has 0 atom stereocenters. The lowest BCUT2D eigenvalue weighted by molar-refractivity contribution is 0.360. The molecule has 1 aliphatic carbocycles. The van der Waals surface area contributed by atoms with Crippen LogP contribution in [-0.2, 0) is 0 Å². The first-order valence-electron chi connectivity index (χ1n) is 9.64. The Morgan fingerprint density at radius 3 is 2.18 bits per heavy atom. The van der Waals surface area contributed by atoms with Crippen LogP contribution in [0.25, 0.3) is 0 Å². The van der Waals surface area contributed by atoms with Gasteiger partial charge in [0.05, 0.1) is 5.16 Å². The summed E-state index contributed by atoms with van der Waals surface area (Å²) in [7, 11) is 0. The molecule has 0 N–H and O–H groups in total. The van der Waals surface area contributed by atoms with Crippen LogP contribution in [0.3, 0.4) is 0 Å². The van der Waals surface area contributed by atoms with Gasteiger partial charge in [0, 0.05) is 17.0 Å². The van der Waals surface area contributed by atoms with Crippen LogP contribution in [0.4, 0.5) is 14.5 Å². The first-order chi connectivity index (χ1) is 13.6. The van der Waals surface area contributed by atoms with Crippen LogP contribution >= 0.6 is 12.2 Å². The average molecular weight is 395 g/mol. The fourth-order valence-electron chi connectivity index (χ4n) is 3.74. The van der Waals surface area contributed by atoms with Crippen molar-refractivity contribution in [1.29, 1.82) is 0 Å². The largest absolute Gasteiger partial charge is 0.204 e. The Balaban J connectivity index is 1.68. The van der Waals surface area contributed by atoms with Gasteiger partial charge in [0.1, 0.15) is 5.69 Å². The molecule has 1 aliphatic rings. The van der Waals surface area contributed by atoms with E-state index < -0.39 is 17.3 Å². The summed E-state index contributed by atoms with van der Waals surface area (Å²) in [6.45, 7) is 2.25. The molecule has 2 aromatic rings. The molecule has 0 bridgehead atoms. The van der Waals surface area contributed by atoms with Gasteiger partial charge in [0.2, 0.25) is 0 Å². The molecule has 0 unspecified atom stereocenters. The van der Waals surface area contributed by atoms with Crippen molar-refractivity contribution in [3.05, 3.63) is 70.6 Å². The van der Waals surface area contributed by atoms with E-state index in [0.29, 0.717) is 0 Å². The summed E-state index contributed by atoms with van der Waals surface area (Å²) in [6.07, 6.45) is 7.51. The van der Waals surface area contributed by atoms with Crippen molar-refractivity contribution >= 4 is 23.1 Å². The second kappa shape index (κ2) is 9.73. The third kappa shape index (κ3) is 5.13. The maximum Gasteiger partial charge on any atom is 0.153 e. The number of nitrogens with zero attached hydrogens (tertiary/aromatic N) is 1. The first-order valence-corrected chi connectivity index (χ1v) is 10.1. The molecule has 0 amide bonds. The second-order valence-electron chi connectivity index (χ2n) is 7.15. The van der Waals surface area contributed by atoms with Crippen molar-refractivity contribution in [1.82, 2.24) is 0 Å². The Bertz CT molecular complexity index is 902. The predicted octanol–water partition coefficient (Wildman–Crippen LogP) is 7.01. The molecule has 0 aliphatic heterocycles. The molecule has 0 heterocycles. The molecular weight excluding hydrogens is 372 g/mol. The van der Waals surface area contributed by atoms with E-state index in [0.717, 1.165) is 23.6 Å². The summed E-state index contributed by atoms with van der Waals surface area (Å²) in [5.74, 6) is 6.56. The van der Waals surface area contributed by atoms with E-state index >= 15 is 0 Å². The van der Waals surface area contributed by atoms with E-state index in [1.807, 2.05) is 17.3 Å². The predicted molar refractivity (Wildman–Crippen MR) is 113 cm³/mol. The first kappa shape index (κ1) is 20.4. The summed E-state index contributed by atoms with van der Waals surface area (Å²) in [5.41, 5.74) is 1.91. The molecule has 0 aromatic heterocycles. The van der Waals surface area contributed by atoms with Crippen LogP contribution in [0.2, 0.25) is 0 Å². The Hall–Kier alpha value is -2.34. The lowest BCUT2D eigenvalue weighted by atomic mass is 9.77. The molecule has 3 rings (SSSR count). The van der Waals surface area contributed by atoms with E-state index in [2.05, 4.69) is 48.1 Å². The Kier molecular flexibility index (Phi) is 7.09. The van der Waals surface area contributed by atoms with E-state index in [-0.39, 0.29) is 5.56 Å². The molecular formula is C24H22F2NS. The fourth-order valence-corrected chi connectivity index (χ4v) is 3.83. The van der Waals surface area contributed by atoms with Crippen LogP contribution in [0.15, 0.2) is 41.4 Å². The number of isothiocyanates is 1. The quantitative estimate of drug-likeness (QED) is 0.309. The molecule has 1 nitrogen and oxygen atoms in total. The molecule has 28 heavy (non-hydrogen) atoms. The number of halogens is 2. The maximum atomic E-state index is 13.9. The fraction of sp³-hybridized carbons (Fsp3) is 0.333. The highest BCUT2D eigenvalue weighted by atomic mass is 32.1. The highest BCUT2D eigenvalue weighted by Gasteiger charge is 2.22. The van der Waals surface area contributed by atoms with E-state index in [9.17, 15) is 8.78 Å². The molecule has 143 valence electrons. The molecule has 0 spiro atoms. The van der Waals surface area contributed by atoms with Crippen LogP contribution in [0.1, 0.15) is 62.1 Å². The van der Waals surface area contributed by atoms with Gasteiger partial charge in [-0.05, 0) is 73.6 Å². The summed E-state index contributed by atoms with van der Waals surface area (Å²) < 4.78 is 27.7. The zero-order valence-corrected chi connectivity index (χ0v) is 16.7. The molecule has 4 heteroatoms. The standard InChI is InChI=1S/C24H22F2NS/c1-2-3-17-6-10-20(11-7-17)21-12-8-18(9-13-21)4-5-19-14-22(25)24(27-16-28)23(26)15-19/h8-9,12-15,17H,2-3,6-7,10-11H2,1H3. The number of rotatable bonds is 4. The molecule has 2 aromatic carbocycles. The minimum absolute atomic E-state index is 0.256. The van der Waals surface area contributed by atoms with E-state index in [4.69, 9.17) is 0 Å². The molecule has 0 saturated heterocycles. The third-order valence-corrected chi connectivity index (χ3v) is 5.32. The van der Waals surface area contributed by atoms with Gasteiger partial charge in [-0.2, -0.15) is 4.99 Å². The zero-order valence-electron chi connectivity index (χ0n) is 15.9. The summed E-state index contributed by atoms with van der Waals surface area (Å²) in [4.78, 5) is 3.40. The summed E-state index contributed by atoms with van der Waals surface area (Å²) in [5, 5.41) is 1.97. The normalized spacial score (nSPS) is 14.8. The van der Waals surface area contributed by atoms with Gasteiger partial charge in [0.25, 0.3) is 0 Å². The number of hydrogen-bond donors (Lipinski definition) is 0. The second-order valence-corrected chi connectivity index (χ2v) is 7.34. The summed E-state index contributed by atoms with van der Waals surface area (Å²) in [6, 6.07) is 10.4. The highest BCUT2D eigenvalue weighted by Crippen LogP contribution is 2.36. The van der Waals surface area contributed by atoms with Crippen molar-refractivity contribution < 1.29 is 8.78 Å². The number of thiocarbonyl (C=S) groups is 1. The average Bonchev–Trinajstić information content (AvgIpc) is 2.70. The van der Waals surface area contributed by atoms with Crippen LogP contribution in [0.5, 0.6) is 0 Å². The topological polar surface area (TPSA) is 12.4 Å². The maximum absolute atomic E-state index is 13.9. The Morgan fingerprint density at radius 2 is 1.61 bits per heavy atom. The zero-order chi connectivity index (χ0) is 19.9. The van der Waals surface area contributed by atoms with Gasteiger partial charge >= 0.3 is 0 Å². The van der Waals surface area contributed by atoms with E-state index in [1.54, 1.807) is 0 Å². The monoisotopic (exact) mass is 394 g/mol. The third-order valence-electron chi connectivity index (χ3n) is 5.22. The van der Waals surface area contributed by atoms with Crippen LogP contribution in [-0.4, -0.2) is 5.16 Å². The number of benzene rings is 2. The van der Waals surface area contributed by atoms with Crippen molar-refractivity contribution in [3.8, 4) is 11.8 Å². The Labute approximate surface area is 170 Å².